The Morgan fingerprint density at radius 2 is 1.97 bits per heavy atom. The molecule has 1 saturated heterocycles. The van der Waals surface area contributed by atoms with Crippen molar-refractivity contribution in [2.45, 2.75) is 31.8 Å². The molecule has 4 rings (SSSR count). The van der Waals surface area contributed by atoms with Crippen molar-refractivity contribution in [1.29, 1.82) is 0 Å². The lowest BCUT2D eigenvalue weighted by Gasteiger charge is -2.29. The van der Waals surface area contributed by atoms with Crippen molar-refractivity contribution in [3.8, 4) is 5.69 Å². The maximum absolute atomic E-state index is 11.8. The molecule has 160 valence electrons. The Kier molecular flexibility index (Phi) is 6.32. The van der Waals surface area contributed by atoms with Crippen LogP contribution in [0.5, 0.6) is 0 Å². The number of esters is 1. The first-order valence-electron chi connectivity index (χ1n) is 10.5. The van der Waals surface area contributed by atoms with Gasteiger partial charge in [0.25, 0.3) is 0 Å². The summed E-state index contributed by atoms with van der Waals surface area (Å²) in [7, 11) is 1.39. The normalized spacial score (nSPS) is 18.1. The van der Waals surface area contributed by atoms with Gasteiger partial charge in [0.05, 0.1) is 30.5 Å². The first-order valence-corrected chi connectivity index (χ1v) is 10.9. The van der Waals surface area contributed by atoms with Crippen LogP contribution < -0.4 is 5.32 Å². The average Bonchev–Trinajstić information content (AvgIpc) is 3.42. The number of hydrogen-bond donors (Lipinski definition) is 1. The summed E-state index contributed by atoms with van der Waals surface area (Å²) in [5, 5.41) is 4.25. The highest BCUT2D eigenvalue weighted by molar-refractivity contribution is 7.80. The van der Waals surface area contributed by atoms with Crippen molar-refractivity contribution in [3.05, 3.63) is 83.9 Å². The highest BCUT2D eigenvalue weighted by Gasteiger charge is 2.40. The minimum Gasteiger partial charge on any atom is -0.465 e. The van der Waals surface area contributed by atoms with E-state index < -0.39 is 0 Å². The van der Waals surface area contributed by atoms with E-state index in [0.29, 0.717) is 5.56 Å². The number of carbonyl (C=O) groups is 1. The summed E-state index contributed by atoms with van der Waals surface area (Å²) >= 11 is 5.73. The van der Waals surface area contributed by atoms with Crippen LogP contribution in [0.3, 0.4) is 0 Å². The summed E-state index contributed by atoms with van der Waals surface area (Å²) in [5.74, 6) is -0.342. The molecule has 0 amide bonds. The molecule has 7 heteroatoms. The molecule has 1 aliphatic heterocycles. The SMILES string of the molecule is CCCCN1C(=S)N[C@@H](c2ccccn2)[C@@H]1c1cccn1-c1ccc(C(=O)OC)cc1. The van der Waals surface area contributed by atoms with Crippen LogP contribution in [0.1, 0.15) is 53.6 Å². The topological polar surface area (TPSA) is 59.4 Å². The molecule has 0 spiro atoms. The van der Waals surface area contributed by atoms with E-state index in [2.05, 4.69) is 32.8 Å². The van der Waals surface area contributed by atoms with Gasteiger partial charge in [-0.25, -0.2) is 4.79 Å². The molecule has 0 bridgehead atoms. The van der Waals surface area contributed by atoms with E-state index in [1.165, 1.54) is 7.11 Å². The fourth-order valence-electron chi connectivity index (χ4n) is 4.04. The number of aromatic nitrogens is 2. The highest BCUT2D eigenvalue weighted by Crippen LogP contribution is 2.39. The van der Waals surface area contributed by atoms with E-state index >= 15 is 0 Å². The molecule has 6 nitrogen and oxygen atoms in total. The molecule has 0 unspecified atom stereocenters. The summed E-state index contributed by atoms with van der Waals surface area (Å²) in [5.41, 5.74) is 3.58. The van der Waals surface area contributed by atoms with Gasteiger partial charge in [0.15, 0.2) is 5.11 Å². The molecule has 1 aromatic carbocycles. The largest absolute Gasteiger partial charge is 0.465 e. The molecule has 3 heterocycles. The third-order valence-corrected chi connectivity index (χ3v) is 5.95. The van der Waals surface area contributed by atoms with Gasteiger partial charge in [-0.15, -0.1) is 0 Å². The van der Waals surface area contributed by atoms with Crippen LogP contribution in [-0.2, 0) is 4.74 Å². The van der Waals surface area contributed by atoms with Crippen molar-refractivity contribution in [3.63, 3.8) is 0 Å². The summed E-state index contributed by atoms with van der Waals surface area (Å²) in [4.78, 5) is 18.7. The van der Waals surface area contributed by atoms with Gasteiger partial charge in [0.2, 0.25) is 0 Å². The number of nitrogens with zero attached hydrogens (tertiary/aromatic N) is 3. The maximum Gasteiger partial charge on any atom is 0.337 e. The predicted octanol–water partition coefficient (Wildman–Crippen LogP) is 4.43. The Bertz CT molecular complexity index is 1050. The van der Waals surface area contributed by atoms with Crippen LogP contribution in [0, 0.1) is 0 Å². The lowest BCUT2D eigenvalue weighted by molar-refractivity contribution is 0.0600. The molecule has 0 radical (unpaired) electrons. The molecule has 0 aliphatic carbocycles. The quantitative estimate of drug-likeness (QED) is 0.438. The molecule has 3 aromatic rings. The third kappa shape index (κ3) is 4.18. The number of hydrogen-bond acceptors (Lipinski definition) is 4. The zero-order chi connectivity index (χ0) is 21.8. The minimum atomic E-state index is -0.342. The molecule has 31 heavy (non-hydrogen) atoms. The Morgan fingerprint density at radius 1 is 1.16 bits per heavy atom. The number of nitrogens with one attached hydrogen (secondary N) is 1. The van der Waals surface area contributed by atoms with Crippen molar-refractivity contribution in [1.82, 2.24) is 19.8 Å². The number of thiocarbonyl (C=S) groups is 1. The molecule has 2 atom stereocenters. The van der Waals surface area contributed by atoms with Gasteiger partial charge in [-0.2, -0.15) is 0 Å². The number of carbonyl (C=O) groups excluding carboxylic acids is 1. The first-order chi connectivity index (χ1) is 15.1. The predicted molar refractivity (Wildman–Crippen MR) is 124 cm³/mol. The molecule has 2 aromatic heterocycles. The monoisotopic (exact) mass is 434 g/mol. The Hall–Kier alpha value is -3.19. The van der Waals surface area contributed by atoms with Crippen molar-refractivity contribution < 1.29 is 9.53 Å². The molecule has 1 N–H and O–H groups in total. The summed E-state index contributed by atoms with van der Waals surface area (Å²) in [6, 6.07) is 17.5. The highest BCUT2D eigenvalue weighted by atomic mass is 32.1. The van der Waals surface area contributed by atoms with E-state index in [1.54, 1.807) is 12.1 Å². The van der Waals surface area contributed by atoms with Crippen LogP contribution in [-0.4, -0.2) is 39.2 Å². The molecular formula is C24H26N4O2S. The van der Waals surface area contributed by atoms with Crippen molar-refractivity contribution in [2.24, 2.45) is 0 Å². The minimum absolute atomic E-state index is 0.00392. The lowest BCUT2D eigenvalue weighted by atomic mass is 10.0. The van der Waals surface area contributed by atoms with Gasteiger partial charge in [0.1, 0.15) is 0 Å². The number of benzene rings is 1. The van der Waals surface area contributed by atoms with E-state index in [-0.39, 0.29) is 18.1 Å². The Labute approximate surface area is 187 Å². The average molecular weight is 435 g/mol. The van der Waals surface area contributed by atoms with Crippen LogP contribution in [0.25, 0.3) is 5.69 Å². The molecule has 1 aliphatic rings. The second kappa shape index (κ2) is 9.31. The number of unbranched alkanes of at least 4 members (excludes halogenated alkanes) is 1. The van der Waals surface area contributed by atoms with E-state index in [1.807, 2.05) is 48.8 Å². The number of methoxy groups -OCH3 is 1. The fraction of sp³-hybridized carbons (Fsp3) is 0.292. The second-order valence-corrected chi connectivity index (χ2v) is 7.90. The standard InChI is InChI=1S/C24H26N4O2S/c1-3-4-15-28-22(21(26-24(28)31)19-8-5-6-14-25-19)20-9-7-16-27(20)18-12-10-17(11-13-18)23(29)30-2/h5-14,16,21-22H,3-4,15H2,1-2H3,(H,26,31)/t21-,22-/m0/s1. The van der Waals surface area contributed by atoms with Gasteiger partial charge in [0, 0.05) is 30.3 Å². The summed E-state index contributed by atoms with van der Waals surface area (Å²) in [6.45, 7) is 3.06. The van der Waals surface area contributed by atoms with Gasteiger partial charge in [-0.05, 0) is 67.2 Å². The van der Waals surface area contributed by atoms with E-state index in [0.717, 1.165) is 41.6 Å². The van der Waals surface area contributed by atoms with Gasteiger partial charge < -0.3 is 19.5 Å². The first kappa shape index (κ1) is 21.1. The van der Waals surface area contributed by atoms with Crippen molar-refractivity contribution in [2.75, 3.05) is 13.7 Å². The second-order valence-electron chi connectivity index (χ2n) is 7.52. The van der Waals surface area contributed by atoms with Crippen LogP contribution >= 0.6 is 12.2 Å². The van der Waals surface area contributed by atoms with Gasteiger partial charge >= 0.3 is 5.97 Å². The van der Waals surface area contributed by atoms with Gasteiger partial charge in [-0.1, -0.05) is 19.4 Å². The fourth-order valence-corrected chi connectivity index (χ4v) is 4.37. The van der Waals surface area contributed by atoms with Crippen LogP contribution in [0.15, 0.2) is 67.0 Å². The molecule has 0 saturated carbocycles. The number of ether oxygens (including phenoxy) is 1. The number of rotatable bonds is 7. The third-order valence-electron chi connectivity index (χ3n) is 5.60. The Morgan fingerprint density at radius 3 is 2.65 bits per heavy atom. The zero-order valence-electron chi connectivity index (χ0n) is 17.7. The summed E-state index contributed by atoms with van der Waals surface area (Å²) < 4.78 is 6.97. The Balaban J connectivity index is 1.74. The van der Waals surface area contributed by atoms with E-state index in [4.69, 9.17) is 17.0 Å². The lowest BCUT2D eigenvalue weighted by Crippen LogP contribution is -2.31. The maximum atomic E-state index is 11.8. The van der Waals surface area contributed by atoms with Crippen LogP contribution in [0.4, 0.5) is 0 Å². The van der Waals surface area contributed by atoms with E-state index in [9.17, 15) is 4.79 Å². The molecule has 1 fully saturated rings. The zero-order valence-corrected chi connectivity index (χ0v) is 18.5. The van der Waals surface area contributed by atoms with Gasteiger partial charge in [-0.3, -0.25) is 4.98 Å². The van der Waals surface area contributed by atoms with Crippen molar-refractivity contribution >= 4 is 23.3 Å². The number of pyridine rings is 1. The summed E-state index contributed by atoms with van der Waals surface area (Å²) in [6.07, 6.45) is 6.01. The molecular weight excluding hydrogens is 408 g/mol. The van der Waals surface area contributed by atoms with Crippen LogP contribution in [0.2, 0.25) is 0 Å². The smallest absolute Gasteiger partial charge is 0.337 e.